The number of hydrogen-bond donors (Lipinski definition) is 3. The highest BCUT2D eigenvalue weighted by molar-refractivity contribution is 9.10. The van der Waals surface area contributed by atoms with E-state index in [1.54, 1.807) is 6.08 Å². The maximum atomic E-state index is 11.6. The number of rotatable bonds is 8. The zero-order chi connectivity index (χ0) is 15.7. The summed E-state index contributed by atoms with van der Waals surface area (Å²) in [6, 6.07) is 3.98. The van der Waals surface area contributed by atoms with Crippen LogP contribution < -0.4 is 10.6 Å². The molecule has 7 heteroatoms. The summed E-state index contributed by atoms with van der Waals surface area (Å²) < 4.78 is 5.75. The molecule has 0 bridgehead atoms. The van der Waals surface area contributed by atoms with Crippen molar-refractivity contribution in [3.8, 4) is 0 Å². The number of carboxylic acid groups (broad SMARTS) is 1. The van der Waals surface area contributed by atoms with E-state index in [0.29, 0.717) is 29.9 Å². The van der Waals surface area contributed by atoms with Gasteiger partial charge in [0.2, 0.25) is 0 Å². The molecule has 0 aliphatic carbocycles. The molecule has 0 aromatic heterocycles. The molecule has 0 saturated heterocycles. The predicted octanol–water partition coefficient (Wildman–Crippen LogP) is 2.86. The van der Waals surface area contributed by atoms with Gasteiger partial charge in [0, 0.05) is 11.0 Å². The van der Waals surface area contributed by atoms with Gasteiger partial charge in [-0.15, -0.1) is 6.58 Å². The predicted molar refractivity (Wildman–Crippen MR) is 83.8 cm³/mol. The SMILES string of the molecule is C=CCCOCCNC(=O)Nc1ccc(C(=O)O)cc1Br. The third-order valence-corrected chi connectivity index (χ3v) is 3.12. The van der Waals surface area contributed by atoms with Crippen LogP contribution in [0, 0.1) is 0 Å². The Bertz CT molecular complexity index is 520. The van der Waals surface area contributed by atoms with Crippen LogP contribution in [0.3, 0.4) is 0 Å². The number of urea groups is 1. The highest BCUT2D eigenvalue weighted by Crippen LogP contribution is 2.23. The van der Waals surface area contributed by atoms with Crippen LogP contribution in [0.2, 0.25) is 0 Å². The minimum Gasteiger partial charge on any atom is -0.478 e. The van der Waals surface area contributed by atoms with Crippen LogP contribution in [0.15, 0.2) is 35.3 Å². The number of benzene rings is 1. The Kier molecular flexibility index (Phi) is 7.49. The maximum Gasteiger partial charge on any atom is 0.335 e. The van der Waals surface area contributed by atoms with Crippen molar-refractivity contribution in [2.24, 2.45) is 0 Å². The number of carbonyl (C=O) groups is 2. The van der Waals surface area contributed by atoms with Gasteiger partial charge in [-0.3, -0.25) is 0 Å². The normalized spacial score (nSPS) is 9.95. The summed E-state index contributed by atoms with van der Waals surface area (Å²) in [5.74, 6) is -1.02. The van der Waals surface area contributed by atoms with Gasteiger partial charge in [0.15, 0.2) is 0 Å². The lowest BCUT2D eigenvalue weighted by molar-refractivity contribution is 0.0697. The topological polar surface area (TPSA) is 87.7 Å². The van der Waals surface area contributed by atoms with Crippen molar-refractivity contribution in [1.29, 1.82) is 0 Å². The van der Waals surface area contributed by atoms with Crippen LogP contribution in [0.4, 0.5) is 10.5 Å². The molecule has 3 N–H and O–H groups in total. The number of carboxylic acids is 1. The average molecular weight is 357 g/mol. The van der Waals surface area contributed by atoms with Crippen LogP contribution in [-0.2, 0) is 4.74 Å². The maximum absolute atomic E-state index is 11.6. The first-order chi connectivity index (χ1) is 10.0. The monoisotopic (exact) mass is 356 g/mol. The second-order valence-corrected chi connectivity index (χ2v) is 4.92. The van der Waals surface area contributed by atoms with Crippen molar-refractivity contribution < 1.29 is 19.4 Å². The van der Waals surface area contributed by atoms with E-state index in [2.05, 4.69) is 33.1 Å². The second-order valence-electron chi connectivity index (χ2n) is 4.07. The smallest absolute Gasteiger partial charge is 0.335 e. The van der Waals surface area contributed by atoms with E-state index in [1.165, 1.54) is 18.2 Å². The first kappa shape index (κ1) is 17.2. The number of carbonyl (C=O) groups excluding carboxylic acids is 1. The molecule has 2 amide bonds. The summed E-state index contributed by atoms with van der Waals surface area (Å²) in [7, 11) is 0. The van der Waals surface area contributed by atoms with Gasteiger partial charge in [-0.05, 0) is 40.5 Å². The molecule has 0 heterocycles. The molecule has 114 valence electrons. The number of nitrogens with one attached hydrogen (secondary N) is 2. The van der Waals surface area contributed by atoms with Crippen LogP contribution in [0.25, 0.3) is 0 Å². The molecule has 0 atom stereocenters. The van der Waals surface area contributed by atoms with Crippen molar-refractivity contribution >= 4 is 33.6 Å². The van der Waals surface area contributed by atoms with Crippen LogP contribution >= 0.6 is 15.9 Å². The Hall–Kier alpha value is -1.86. The molecule has 0 spiro atoms. The van der Waals surface area contributed by atoms with E-state index in [4.69, 9.17) is 9.84 Å². The highest BCUT2D eigenvalue weighted by Gasteiger charge is 2.08. The molecule has 0 aliphatic heterocycles. The van der Waals surface area contributed by atoms with Gasteiger partial charge in [0.25, 0.3) is 0 Å². The zero-order valence-corrected chi connectivity index (χ0v) is 13.0. The number of ether oxygens (including phenoxy) is 1. The molecule has 1 aromatic rings. The minimum absolute atomic E-state index is 0.142. The van der Waals surface area contributed by atoms with Gasteiger partial charge in [-0.25, -0.2) is 9.59 Å². The summed E-state index contributed by atoms with van der Waals surface area (Å²) in [4.78, 5) is 22.4. The van der Waals surface area contributed by atoms with Crippen molar-refractivity contribution in [3.05, 3.63) is 40.9 Å². The molecule has 0 saturated carbocycles. The summed E-state index contributed by atoms with van der Waals surface area (Å²) in [5.41, 5.74) is 0.633. The molecule has 0 aliphatic rings. The van der Waals surface area contributed by atoms with Gasteiger partial charge in [0.05, 0.1) is 24.5 Å². The van der Waals surface area contributed by atoms with Gasteiger partial charge in [-0.1, -0.05) is 6.08 Å². The summed E-state index contributed by atoms with van der Waals surface area (Å²) in [6.45, 7) is 4.96. The van der Waals surface area contributed by atoms with Crippen molar-refractivity contribution in [3.63, 3.8) is 0 Å². The summed E-state index contributed by atoms with van der Waals surface area (Å²) in [5, 5.41) is 14.1. The largest absolute Gasteiger partial charge is 0.478 e. The third-order valence-electron chi connectivity index (χ3n) is 2.46. The highest BCUT2D eigenvalue weighted by atomic mass is 79.9. The molecule has 0 fully saturated rings. The molecule has 1 aromatic carbocycles. The van der Waals surface area contributed by atoms with Crippen LogP contribution in [0.5, 0.6) is 0 Å². The summed E-state index contributed by atoms with van der Waals surface area (Å²) >= 11 is 3.21. The molecule has 6 nitrogen and oxygen atoms in total. The molecular weight excluding hydrogens is 340 g/mol. The van der Waals surface area contributed by atoms with Gasteiger partial charge >= 0.3 is 12.0 Å². The van der Waals surface area contributed by atoms with Crippen molar-refractivity contribution in [2.45, 2.75) is 6.42 Å². The molecule has 0 unspecified atom stereocenters. The fourth-order valence-corrected chi connectivity index (χ4v) is 1.90. The van der Waals surface area contributed by atoms with E-state index in [9.17, 15) is 9.59 Å². The number of anilines is 1. The molecule has 1 rings (SSSR count). The fraction of sp³-hybridized carbons (Fsp3) is 0.286. The quantitative estimate of drug-likeness (QED) is 0.493. The Labute approximate surface area is 131 Å². The number of aromatic carboxylic acids is 1. The Morgan fingerprint density at radius 1 is 1.38 bits per heavy atom. The zero-order valence-electron chi connectivity index (χ0n) is 11.4. The lowest BCUT2D eigenvalue weighted by Crippen LogP contribution is -2.31. The Morgan fingerprint density at radius 3 is 2.76 bits per heavy atom. The summed E-state index contributed by atoms with van der Waals surface area (Å²) in [6.07, 6.45) is 2.54. The fourth-order valence-electron chi connectivity index (χ4n) is 1.42. The van der Waals surface area contributed by atoms with E-state index in [1.807, 2.05) is 0 Å². The molecular formula is C14H17BrN2O4. The minimum atomic E-state index is -1.02. The van der Waals surface area contributed by atoms with Gasteiger partial charge < -0.3 is 20.5 Å². The van der Waals surface area contributed by atoms with E-state index >= 15 is 0 Å². The van der Waals surface area contributed by atoms with E-state index < -0.39 is 5.97 Å². The average Bonchev–Trinajstić information content (AvgIpc) is 2.44. The van der Waals surface area contributed by atoms with Crippen molar-refractivity contribution in [1.82, 2.24) is 5.32 Å². The van der Waals surface area contributed by atoms with Gasteiger partial charge in [0.1, 0.15) is 0 Å². The lowest BCUT2D eigenvalue weighted by Gasteiger charge is -2.10. The Morgan fingerprint density at radius 2 is 2.14 bits per heavy atom. The third kappa shape index (κ3) is 6.42. The molecule has 21 heavy (non-hydrogen) atoms. The standard InChI is InChI=1S/C14H17BrN2O4/c1-2-3-7-21-8-6-16-14(20)17-12-5-4-10(13(18)19)9-11(12)15/h2,4-5,9H,1,3,6-8H2,(H,18,19)(H2,16,17,20). The van der Waals surface area contributed by atoms with E-state index in [-0.39, 0.29) is 11.6 Å². The Balaban J connectivity index is 2.37. The van der Waals surface area contributed by atoms with Crippen molar-refractivity contribution in [2.75, 3.05) is 25.1 Å². The number of amides is 2. The number of halogens is 1. The van der Waals surface area contributed by atoms with Gasteiger partial charge in [-0.2, -0.15) is 0 Å². The number of hydrogen-bond acceptors (Lipinski definition) is 3. The lowest BCUT2D eigenvalue weighted by atomic mass is 10.2. The molecule has 0 radical (unpaired) electrons. The second kappa shape index (κ2) is 9.15. The first-order valence-corrected chi connectivity index (χ1v) is 7.10. The van der Waals surface area contributed by atoms with Crippen LogP contribution in [0.1, 0.15) is 16.8 Å². The first-order valence-electron chi connectivity index (χ1n) is 6.31. The van der Waals surface area contributed by atoms with E-state index in [0.717, 1.165) is 6.42 Å². The van der Waals surface area contributed by atoms with Crippen LogP contribution in [-0.4, -0.2) is 36.9 Å².